The summed E-state index contributed by atoms with van der Waals surface area (Å²) in [5.74, 6) is 2.07. The Labute approximate surface area is 407 Å². The first kappa shape index (κ1) is 47.1. The zero-order valence-electron chi connectivity index (χ0n) is 37.0. The molecule has 1 unspecified atom stereocenters. The number of nitrogens with zero attached hydrogens (tertiary/aromatic N) is 5. The van der Waals surface area contributed by atoms with E-state index in [-0.39, 0.29) is 16.4 Å². The van der Waals surface area contributed by atoms with Crippen molar-refractivity contribution in [1.29, 1.82) is 0 Å². The van der Waals surface area contributed by atoms with Crippen molar-refractivity contribution in [3.63, 3.8) is 0 Å². The number of anilines is 1. The van der Waals surface area contributed by atoms with Crippen LogP contribution in [0.2, 0.25) is 20.4 Å². The summed E-state index contributed by atoms with van der Waals surface area (Å²) in [6.45, 7) is 9.98. The van der Waals surface area contributed by atoms with Gasteiger partial charge in [0, 0.05) is 22.6 Å². The van der Waals surface area contributed by atoms with Crippen LogP contribution in [0.3, 0.4) is 0 Å². The third kappa shape index (κ3) is 10.8. The molecule has 3 N–H and O–H groups in total. The third-order valence-corrected chi connectivity index (χ3v) is 12.6. The first-order chi connectivity index (χ1) is 32.5. The molecule has 0 aliphatic carbocycles. The first-order valence-corrected chi connectivity index (χ1v) is 23.5. The molecule has 0 bridgehead atoms. The Kier molecular flexibility index (Phi) is 15.1. The fraction of sp³-hybridized carbons (Fsp3) is 0.170. The Morgan fingerprint density at radius 2 is 1.01 bits per heavy atom. The minimum absolute atomic E-state index is 0.0469. The molecule has 67 heavy (non-hydrogen) atoms. The molecular weight excluding hydrogens is 922 g/mol. The average molecular weight is 969 g/mol. The number of fused-ring (bicyclic) bond motifs is 5. The van der Waals surface area contributed by atoms with E-state index in [0.717, 1.165) is 76.5 Å². The van der Waals surface area contributed by atoms with Gasteiger partial charge in [-0.3, -0.25) is 14.6 Å². The molecule has 7 aromatic carbocycles. The summed E-state index contributed by atoms with van der Waals surface area (Å²) in [4.78, 5) is 49.7. The second-order valence-corrected chi connectivity index (χ2v) is 17.4. The van der Waals surface area contributed by atoms with Crippen molar-refractivity contribution in [1.82, 2.24) is 34.8 Å². The van der Waals surface area contributed by atoms with E-state index in [1.165, 1.54) is 5.39 Å². The summed E-state index contributed by atoms with van der Waals surface area (Å²) < 4.78 is 0. The molecule has 0 saturated heterocycles. The van der Waals surface area contributed by atoms with Crippen molar-refractivity contribution in [2.45, 2.75) is 39.7 Å². The normalized spacial score (nSPS) is 11.7. The maximum Gasteiger partial charge on any atom is 0.259 e. The topological polar surface area (TPSA) is 133 Å². The van der Waals surface area contributed by atoms with Crippen molar-refractivity contribution in [2.24, 2.45) is 0 Å². The van der Waals surface area contributed by atoms with Gasteiger partial charge in [-0.15, -0.1) is 0 Å². The highest BCUT2D eigenvalue weighted by Gasteiger charge is 2.16. The van der Waals surface area contributed by atoms with Crippen LogP contribution in [-0.2, 0) is 0 Å². The van der Waals surface area contributed by atoms with Crippen LogP contribution >= 0.6 is 46.4 Å². The van der Waals surface area contributed by atoms with Gasteiger partial charge in [-0.1, -0.05) is 152 Å². The second kappa shape index (κ2) is 21.5. The van der Waals surface area contributed by atoms with E-state index in [4.69, 9.17) is 56.4 Å². The number of nitrogens with one attached hydrogen (secondary N) is 3. The highest BCUT2D eigenvalue weighted by Crippen LogP contribution is 2.33. The molecule has 0 aliphatic heterocycles. The van der Waals surface area contributed by atoms with E-state index in [1.807, 2.05) is 60.7 Å². The van der Waals surface area contributed by atoms with E-state index < -0.39 is 0 Å². The van der Waals surface area contributed by atoms with Crippen molar-refractivity contribution >= 4 is 106 Å². The Hall–Kier alpha value is -6.40. The zero-order chi connectivity index (χ0) is 47.0. The highest BCUT2D eigenvalue weighted by molar-refractivity contribution is 6.36. The maximum atomic E-state index is 12.3. The summed E-state index contributed by atoms with van der Waals surface area (Å²) in [5.41, 5.74) is 3.17. The molecule has 0 spiro atoms. The second-order valence-electron chi connectivity index (χ2n) is 15.8. The van der Waals surface area contributed by atoms with Crippen LogP contribution in [0.4, 0.5) is 5.82 Å². The summed E-state index contributed by atoms with van der Waals surface area (Å²) >= 11 is 24.2. The number of aromatic nitrogens is 6. The van der Waals surface area contributed by atoms with Gasteiger partial charge in [0.25, 0.3) is 11.1 Å². The number of benzene rings is 7. The quantitative estimate of drug-likeness (QED) is 0.115. The fourth-order valence-corrected chi connectivity index (χ4v) is 8.84. The van der Waals surface area contributed by atoms with Crippen molar-refractivity contribution < 1.29 is 0 Å². The van der Waals surface area contributed by atoms with E-state index in [0.29, 0.717) is 54.6 Å². The molecule has 14 heteroatoms. The summed E-state index contributed by atoms with van der Waals surface area (Å²) in [6, 6.07) is 44.9. The third-order valence-electron chi connectivity index (χ3n) is 11.5. The van der Waals surface area contributed by atoms with Crippen LogP contribution < -0.4 is 16.4 Å². The van der Waals surface area contributed by atoms with Crippen LogP contribution in [-0.4, -0.2) is 60.5 Å². The van der Waals surface area contributed by atoms with E-state index in [1.54, 1.807) is 36.4 Å². The van der Waals surface area contributed by atoms with Crippen molar-refractivity contribution in [3.8, 4) is 22.8 Å². The van der Waals surface area contributed by atoms with Gasteiger partial charge in [0.15, 0.2) is 5.82 Å². The smallest absolute Gasteiger partial charge is 0.259 e. The average Bonchev–Trinajstić information content (AvgIpc) is 3.34. The molecular formula is C53H46Cl4N8O2. The molecule has 10 rings (SSSR count). The molecule has 0 saturated carbocycles. The van der Waals surface area contributed by atoms with Crippen LogP contribution in [0.15, 0.2) is 149 Å². The van der Waals surface area contributed by atoms with Gasteiger partial charge in [-0.05, 0) is 109 Å². The molecule has 0 radical (unpaired) electrons. The lowest BCUT2D eigenvalue weighted by molar-refractivity contribution is 0.295. The molecule has 338 valence electrons. The minimum Gasteiger partial charge on any atom is -0.367 e. The van der Waals surface area contributed by atoms with Gasteiger partial charge in [0.1, 0.15) is 11.6 Å². The van der Waals surface area contributed by atoms with E-state index in [2.05, 4.69) is 93.4 Å². The van der Waals surface area contributed by atoms with Gasteiger partial charge in [0.05, 0.1) is 42.4 Å². The lowest BCUT2D eigenvalue weighted by atomic mass is 10.0. The van der Waals surface area contributed by atoms with Crippen LogP contribution in [0.5, 0.6) is 0 Å². The largest absolute Gasteiger partial charge is 0.367 e. The van der Waals surface area contributed by atoms with Crippen LogP contribution in [0, 0.1) is 0 Å². The monoisotopic (exact) mass is 966 g/mol. The molecule has 3 aromatic heterocycles. The molecule has 10 nitrogen and oxygen atoms in total. The van der Waals surface area contributed by atoms with Crippen molar-refractivity contribution in [3.05, 3.63) is 181 Å². The summed E-state index contributed by atoms with van der Waals surface area (Å²) in [5, 5.41) is 11.6. The predicted octanol–water partition coefficient (Wildman–Crippen LogP) is 13.7. The highest BCUT2D eigenvalue weighted by atomic mass is 35.5. The molecule has 0 fully saturated rings. The number of para-hydroxylation sites is 3. The number of rotatable bonds is 10. The Morgan fingerprint density at radius 1 is 0.537 bits per heavy atom. The van der Waals surface area contributed by atoms with E-state index >= 15 is 0 Å². The first-order valence-electron chi connectivity index (χ1n) is 22.0. The minimum atomic E-state index is -0.280. The number of hydrogen-bond donors (Lipinski definition) is 3. The molecule has 0 aliphatic rings. The van der Waals surface area contributed by atoms with Crippen molar-refractivity contribution in [2.75, 3.05) is 25.0 Å². The Morgan fingerprint density at radius 3 is 1.63 bits per heavy atom. The fourth-order valence-electron chi connectivity index (χ4n) is 8.02. The SMILES string of the molecule is CCN(CC)CCCC(C)Nc1nc(-c2cccc3ccccc23)nc2c(Cl)cccc12.O=c1[nH]c(-c2cccc3ccccc23)nc2c(Cl)cccc12.O=c1[nH]c(Cl)nc2c(Cl)cccc12. The summed E-state index contributed by atoms with van der Waals surface area (Å²) in [6.07, 6.45) is 2.22. The number of halogens is 4. The Bertz CT molecular complexity index is 3490. The molecule has 3 heterocycles. The van der Waals surface area contributed by atoms with Gasteiger partial charge in [0.2, 0.25) is 5.28 Å². The van der Waals surface area contributed by atoms with Gasteiger partial charge in [-0.2, -0.15) is 0 Å². The van der Waals surface area contributed by atoms with Gasteiger partial charge >= 0.3 is 0 Å². The van der Waals surface area contributed by atoms with E-state index in [9.17, 15) is 9.59 Å². The molecule has 1 atom stereocenters. The number of hydrogen-bond acceptors (Lipinski definition) is 8. The summed E-state index contributed by atoms with van der Waals surface area (Å²) in [7, 11) is 0. The maximum absolute atomic E-state index is 12.3. The standard InChI is InChI=1S/C27H31ClN4.C18H11ClN2O.C8H4Cl2N2O/c1-4-32(5-2)18-10-11-19(3)29-27-23-16-9-17-24(28)25(23)30-26(31-27)22-15-8-13-20-12-6-7-14-21(20)22;19-15-10-4-9-14-16(15)20-17(21-18(14)22)13-8-3-6-11-5-1-2-7-12(11)13;9-5-3-1-2-4-6(5)11-8(10)12-7(4)13/h6-9,12-17,19H,4-5,10-11,18H2,1-3H3,(H,29,30,31);1-10H,(H,20,21,22);1-3H,(H,11,12,13). The zero-order valence-corrected chi connectivity index (χ0v) is 40.0. The predicted molar refractivity (Wildman–Crippen MR) is 280 cm³/mol. The van der Waals surface area contributed by atoms with Crippen LogP contribution in [0.25, 0.3) is 77.0 Å². The van der Waals surface area contributed by atoms with Gasteiger partial charge in [-0.25, -0.2) is 19.9 Å². The van der Waals surface area contributed by atoms with Gasteiger partial charge < -0.3 is 15.2 Å². The lowest BCUT2D eigenvalue weighted by Crippen LogP contribution is -2.25. The number of H-pyrrole nitrogens is 2. The Balaban J connectivity index is 0.000000149. The van der Waals surface area contributed by atoms with Crippen LogP contribution in [0.1, 0.15) is 33.6 Å². The molecule has 0 amide bonds. The lowest BCUT2D eigenvalue weighted by Gasteiger charge is -2.21. The number of aromatic amines is 2. The molecule has 10 aromatic rings.